The first kappa shape index (κ1) is 16.4. The molecule has 0 spiro atoms. The molecule has 0 bridgehead atoms. The highest BCUT2D eigenvalue weighted by Crippen LogP contribution is 2.26. The van der Waals surface area contributed by atoms with E-state index in [1.54, 1.807) is 42.5 Å². The third kappa shape index (κ3) is 4.23. The van der Waals surface area contributed by atoms with Crippen LogP contribution in [0.2, 0.25) is 0 Å². The molecule has 0 fully saturated rings. The van der Waals surface area contributed by atoms with Gasteiger partial charge in [0, 0.05) is 12.0 Å². The number of carboxylic acid groups (broad SMARTS) is 1. The number of hydrogen-bond acceptors (Lipinski definition) is 4. The number of methoxy groups -OCH3 is 1. The van der Waals surface area contributed by atoms with Crippen LogP contribution in [0.3, 0.4) is 0 Å². The van der Waals surface area contributed by atoms with E-state index in [9.17, 15) is 19.8 Å². The fourth-order valence-electron chi connectivity index (χ4n) is 2.12. The summed E-state index contributed by atoms with van der Waals surface area (Å²) >= 11 is 0. The maximum atomic E-state index is 12.1. The van der Waals surface area contributed by atoms with Gasteiger partial charge in [-0.05, 0) is 29.8 Å². The van der Waals surface area contributed by atoms with Crippen molar-refractivity contribution < 1.29 is 24.5 Å². The summed E-state index contributed by atoms with van der Waals surface area (Å²) in [6, 6.07) is 11.9. The van der Waals surface area contributed by atoms with Gasteiger partial charge in [0.15, 0.2) is 11.5 Å². The lowest BCUT2D eigenvalue weighted by Crippen LogP contribution is -2.42. The van der Waals surface area contributed by atoms with Crippen LogP contribution >= 0.6 is 0 Å². The van der Waals surface area contributed by atoms with Gasteiger partial charge in [0.2, 0.25) is 0 Å². The molecule has 0 aliphatic heterocycles. The van der Waals surface area contributed by atoms with Crippen LogP contribution in [0.4, 0.5) is 0 Å². The van der Waals surface area contributed by atoms with Crippen LogP contribution in [0.5, 0.6) is 11.5 Å². The Balaban J connectivity index is 2.13. The number of nitrogens with one attached hydrogen (secondary N) is 1. The van der Waals surface area contributed by atoms with E-state index >= 15 is 0 Å². The van der Waals surface area contributed by atoms with Gasteiger partial charge in [0.1, 0.15) is 6.04 Å². The molecule has 1 atom stereocenters. The molecule has 0 aromatic heterocycles. The van der Waals surface area contributed by atoms with Crippen molar-refractivity contribution in [2.45, 2.75) is 12.5 Å². The first-order valence-corrected chi connectivity index (χ1v) is 6.96. The Morgan fingerprint density at radius 3 is 2.48 bits per heavy atom. The van der Waals surface area contributed by atoms with E-state index in [2.05, 4.69) is 5.32 Å². The number of amides is 1. The number of hydrogen-bond donors (Lipinski definition) is 3. The zero-order valence-electron chi connectivity index (χ0n) is 12.5. The topological polar surface area (TPSA) is 95.9 Å². The van der Waals surface area contributed by atoms with E-state index in [1.807, 2.05) is 0 Å². The Kier molecular flexibility index (Phi) is 5.19. The SMILES string of the molecule is COc1cc(C[C@@H](NC(=O)c2ccccc2)C(=O)O)ccc1O. The van der Waals surface area contributed by atoms with Crippen LogP contribution in [0, 0.1) is 0 Å². The van der Waals surface area contributed by atoms with Crippen molar-refractivity contribution >= 4 is 11.9 Å². The van der Waals surface area contributed by atoms with Gasteiger partial charge in [0.05, 0.1) is 7.11 Å². The van der Waals surface area contributed by atoms with Crippen LogP contribution in [-0.2, 0) is 11.2 Å². The molecule has 3 N–H and O–H groups in total. The minimum Gasteiger partial charge on any atom is -0.504 e. The lowest BCUT2D eigenvalue weighted by Gasteiger charge is -2.15. The quantitative estimate of drug-likeness (QED) is 0.756. The summed E-state index contributed by atoms with van der Waals surface area (Å²) in [5, 5.41) is 21.4. The van der Waals surface area contributed by atoms with Gasteiger partial charge in [-0.2, -0.15) is 0 Å². The minimum atomic E-state index is -1.14. The van der Waals surface area contributed by atoms with E-state index in [-0.39, 0.29) is 17.9 Å². The van der Waals surface area contributed by atoms with E-state index in [0.29, 0.717) is 11.1 Å². The first-order chi connectivity index (χ1) is 11.0. The Morgan fingerprint density at radius 1 is 1.17 bits per heavy atom. The first-order valence-electron chi connectivity index (χ1n) is 6.96. The van der Waals surface area contributed by atoms with Crippen LogP contribution < -0.4 is 10.1 Å². The smallest absolute Gasteiger partial charge is 0.326 e. The number of carbonyl (C=O) groups excluding carboxylic acids is 1. The van der Waals surface area contributed by atoms with Crippen LogP contribution in [0.15, 0.2) is 48.5 Å². The predicted octanol–water partition coefficient (Wildman–Crippen LogP) is 1.83. The molecule has 2 rings (SSSR count). The Bertz CT molecular complexity index is 699. The second-order valence-electron chi connectivity index (χ2n) is 4.94. The average molecular weight is 315 g/mol. The van der Waals surface area contributed by atoms with Crippen molar-refractivity contribution in [2.24, 2.45) is 0 Å². The lowest BCUT2D eigenvalue weighted by molar-refractivity contribution is -0.139. The van der Waals surface area contributed by atoms with E-state index in [1.165, 1.54) is 13.2 Å². The fraction of sp³-hybridized carbons (Fsp3) is 0.176. The number of ether oxygens (including phenoxy) is 1. The Hall–Kier alpha value is -3.02. The molecular weight excluding hydrogens is 298 g/mol. The summed E-state index contributed by atoms with van der Waals surface area (Å²) < 4.78 is 4.99. The van der Waals surface area contributed by atoms with Gasteiger partial charge in [-0.3, -0.25) is 4.79 Å². The molecule has 0 unspecified atom stereocenters. The Labute approximate surface area is 133 Å². The predicted molar refractivity (Wildman–Crippen MR) is 83.7 cm³/mol. The van der Waals surface area contributed by atoms with Crippen molar-refractivity contribution in [3.8, 4) is 11.5 Å². The molecule has 0 aliphatic carbocycles. The molecule has 120 valence electrons. The largest absolute Gasteiger partial charge is 0.504 e. The second-order valence-corrected chi connectivity index (χ2v) is 4.94. The van der Waals surface area contributed by atoms with Crippen molar-refractivity contribution in [1.29, 1.82) is 0 Å². The van der Waals surface area contributed by atoms with Gasteiger partial charge in [-0.25, -0.2) is 4.79 Å². The van der Waals surface area contributed by atoms with E-state index in [4.69, 9.17) is 4.74 Å². The number of rotatable bonds is 6. The van der Waals surface area contributed by atoms with E-state index < -0.39 is 17.9 Å². The third-order valence-corrected chi connectivity index (χ3v) is 3.32. The molecule has 2 aromatic rings. The van der Waals surface area contributed by atoms with Crippen molar-refractivity contribution in [3.05, 3.63) is 59.7 Å². The van der Waals surface area contributed by atoms with Gasteiger partial charge < -0.3 is 20.3 Å². The van der Waals surface area contributed by atoms with Crippen LogP contribution in [-0.4, -0.2) is 35.2 Å². The molecule has 0 radical (unpaired) electrons. The fourth-order valence-corrected chi connectivity index (χ4v) is 2.12. The van der Waals surface area contributed by atoms with Crippen LogP contribution in [0.25, 0.3) is 0 Å². The van der Waals surface area contributed by atoms with Gasteiger partial charge >= 0.3 is 5.97 Å². The van der Waals surface area contributed by atoms with E-state index in [0.717, 1.165) is 0 Å². The number of aliphatic carboxylic acids is 1. The molecule has 23 heavy (non-hydrogen) atoms. The molecule has 6 nitrogen and oxygen atoms in total. The van der Waals surface area contributed by atoms with Crippen molar-refractivity contribution in [3.63, 3.8) is 0 Å². The summed E-state index contributed by atoms with van der Waals surface area (Å²) in [5.74, 6) is -1.37. The molecule has 2 aromatic carbocycles. The molecule has 0 saturated heterocycles. The summed E-state index contributed by atoms with van der Waals surface area (Å²) in [4.78, 5) is 23.5. The maximum absolute atomic E-state index is 12.1. The lowest BCUT2D eigenvalue weighted by atomic mass is 10.0. The molecule has 0 heterocycles. The standard InChI is InChI=1S/C17H17NO5/c1-23-15-10-11(7-8-14(15)19)9-13(17(21)22)18-16(20)12-5-3-2-4-6-12/h2-8,10,13,19H,9H2,1H3,(H,18,20)(H,21,22)/t13-/m1/s1. The highest BCUT2D eigenvalue weighted by molar-refractivity contribution is 5.96. The number of phenolic OH excluding ortho intramolecular Hbond substituents is 1. The third-order valence-electron chi connectivity index (χ3n) is 3.32. The molecule has 1 amide bonds. The summed E-state index contributed by atoms with van der Waals surface area (Å²) in [6.45, 7) is 0. The number of carbonyl (C=O) groups is 2. The number of carboxylic acids is 1. The van der Waals surface area contributed by atoms with Gasteiger partial charge in [-0.15, -0.1) is 0 Å². The molecule has 0 aliphatic rings. The number of benzene rings is 2. The summed E-state index contributed by atoms with van der Waals surface area (Å²) in [6.07, 6.45) is 0.0740. The normalized spacial score (nSPS) is 11.5. The highest BCUT2D eigenvalue weighted by Gasteiger charge is 2.21. The average Bonchev–Trinajstić information content (AvgIpc) is 2.56. The van der Waals surface area contributed by atoms with Gasteiger partial charge in [-0.1, -0.05) is 24.3 Å². The number of phenols is 1. The minimum absolute atomic E-state index is 0.0311. The molecular formula is C17H17NO5. The zero-order chi connectivity index (χ0) is 16.8. The molecule has 6 heteroatoms. The zero-order valence-corrected chi connectivity index (χ0v) is 12.5. The molecule has 0 saturated carbocycles. The maximum Gasteiger partial charge on any atom is 0.326 e. The van der Waals surface area contributed by atoms with Crippen molar-refractivity contribution in [1.82, 2.24) is 5.32 Å². The summed E-state index contributed by atoms with van der Waals surface area (Å²) in [7, 11) is 1.41. The Morgan fingerprint density at radius 2 is 1.87 bits per heavy atom. The monoisotopic (exact) mass is 315 g/mol. The second kappa shape index (κ2) is 7.31. The highest BCUT2D eigenvalue weighted by atomic mass is 16.5. The van der Waals surface area contributed by atoms with Crippen molar-refractivity contribution in [2.75, 3.05) is 7.11 Å². The van der Waals surface area contributed by atoms with Gasteiger partial charge in [0.25, 0.3) is 5.91 Å². The summed E-state index contributed by atoms with van der Waals surface area (Å²) in [5.41, 5.74) is 1.02. The van der Waals surface area contributed by atoms with Crippen LogP contribution in [0.1, 0.15) is 15.9 Å². The number of aromatic hydroxyl groups is 1.